The van der Waals surface area contributed by atoms with E-state index in [1.807, 2.05) is 31.2 Å². The van der Waals surface area contributed by atoms with Crippen molar-refractivity contribution in [3.8, 4) is 17.2 Å². The predicted octanol–water partition coefficient (Wildman–Crippen LogP) is 3.33. The Morgan fingerprint density at radius 2 is 1.59 bits per heavy atom. The van der Waals surface area contributed by atoms with Crippen molar-refractivity contribution in [2.24, 2.45) is 0 Å². The van der Waals surface area contributed by atoms with Crippen molar-refractivity contribution in [1.29, 1.82) is 0 Å². The van der Waals surface area contributed by atoms with E-state index in [1.165, 1.54) is 0 Å². The van der Waals surface area contributed by atoms with E-state index in [4.69, 9.17) is 25.8 Å². The van der Waals surface area contributed by atoms with Crippen LogP contribution in [0.2, 0.25) is 5.02 Å². The van der Waals surface area contributed by atoms with Gasteiger partial charge in [-0.1, -0.05) is 23.7 Å². The van der Waals surface area contributed by atoms with Gasteiger partial charge in [0.1, 0.15) is 5.75 Å². The average molecular weight is 393 g/mol. The van der Waals surface area contributed by atoms with Crippen LogP contribution in [-0.4, -0.2) is 33.8 Å². The number of benzene rings is 2. The minimum Gasteiger partial charge on any atom is -0.496 e. The largest absolute Gasteiger partial charge is 0.496 e. The molecule has 0 fully saturated rings. The minimum atomic E-state index is -0.118. The Morgan fingerprint density at radius 1 is 1.00 bits per heavy atom. The van der Waals surface area contributed by atoms with Crippen LogP contribution in [0.5, 0.6) is 17.2 Å². The van der Waals surface area contributed by atoms with Crippen LogP contribution in [0.25, 0.3) is 0 Å². The Morgan fingerprint density at radius 3 is 2.19 bits per heavy atom. The number of hydrogen-bond acceptors (Lipinski definition) is 5. The first-order valence-corrected chi connectivity index (χ1v) is 8.90. The molecule has 0 aliphatic rings. The summed E-state index contributed by atoms with van der Waals surface area (Å²) in [5.74, 6) is 1.66. The summed E-state index contributed by atoms with van der Waals surface area (Å²) in [6.45, 7) is 2.51. The van der Waals surface area contributed by atoms with Crippen molar-refractivity contribution in [3.05, 3.63) is 52.5 Å². The Balaban J connectivity index is 1.92. The molecule has 0 bridgehead atoms. The van der Waals surface area contributed by atoms with Gasteiger partial charge in [-0.3, -0.25) is 4.79 Å². The molecule has 27 heavy (non-hydrogen) atoms. The second-order valence-corrected chi connectivity index (χ2v) is 6.39. The van der Waals surface area contributed by atoms with Gasteiger partial charge >= 0.3 is 0 Å². The number of rotatable bonds is 9. The highest BCUT2D eigenvalue weighted by Crippen LogP contribution is 2.34. The molecule has 2 N–H and O–H groups in total. The van der Waals surface area contributed by atoms with E-state index >= 15 is 0 Å². The van der Waals surface area contributed by atoms with Crippen LogP contribution in [0.15, 0.2) is 36.4 Å². The van der Waals surface area contributed by atoms with Crippen molar-refractivity contribution in [2.45, 2.75) is 19.5 Å². The van der Waals surface area contributed by atoms with E-state index in [0.717, 1.165) is 11.1 Å². The smallest absolute Gasteiger partial charge is 0.234 e. The highest BCUT2D eigenvalue weighted by molar-refractivity contribution is 6.30. The van der Waals surface area contributed by atoms with Crippen molar-refractivity contribution < 1.29 is 19.0 Å². The summed E-state index contributed by atoms with van der Waals surface area (Å²) >= 11 is 5.90. The van der Waals surface area contributed by atoms with Crippen LogP contribution in [-0.2, 0) is 11.3 Å². The van der Waals surface area contributed by atoms with Gasteiger partial charge in [0, 0.05) is 29.2 Å². The van der Waals surface area contributed by atoms with E-state index < -0.39 is 0 Å². The van der Waals surface area contributed by atoms with Gasteiger partial charge in [0.2, 0.25) is 5.91 Å². The summed E-state index contributed by atoms with van der Waals surface area (Å²) in [4.78, 5) is 12.2. The zero-order valence-electron chi connectivity index (χ0n) is 16.0. The molecule has 2 rings (SSSR count). The summed E-state index contributed by atoms with van der Waals surface area (Å²) < 4.78 is 15.9. The van der Waals surface area contributed by atoms with E-state index in [-0.39, 0.29) is 18.5 Å². The Kier molecular flexibility index (Phi) is 7.76. The standard InChI is InChI=1S/C20H25ClN2O4/c1-13(14-5-7-16(21)8-6-14)22-12-20(24)23-11-15-9-18(26-3)19(27-4)10-17(15)25-2/h5-10,13,22H,11-12H2,1-4H3,(H,23,24)/t13-/m1/s1. The van der Waals surface area contributed by atoms with Crippen LogP contribution in [0.4, 0.5) is 0 Å². The van der Waals surface area contributed by atoms with E-state index in [1.54, 1.807) is 33.5 Å². The zero-order valence-corrected chi connectivity index (χ0v) is 16.7. The monoisotopic (exact) mass is 392 g/mol. The Labute approximate surface area is 164 Å². The van der Waals surface area contributed by atoms with E-state index in [9.17, 15) is 4.79 Å². The van der Waals surface area contributed by atoms with E-state index in [0.29, 0.717) is 28.8 Å². The van der Waals surface area contributed by atoms with Crippen molar-refractivity contribution >= 4 is 17.5 Å². The third kappa shape index (κ3) is 5.77. The number of amides is 1. The highest BCUT2D eigenvalue weighted by Gasteiger charge is 2.13. The van der Waals surface area contributed by atoms with Crippen LogP contribution >= 0.6 is 11.6 Å². The number of hydrogen-bond donors (Lipinski definition) is 2. The minimum absolute atomic E-state index is 0.0311. The summed E-state index contributed by atoms with van der Waals surface area (Å²) in [5.41, 5.74) is 1.86. The molecule has 0 aromatic heterocycles. The zero-order chi connectivity index (χ0) is 19.8. The molecule has 6 nitrogen and oxygen atoms in total. The summed E-state index contributed by atoms with van der Waals surface area (Å²) in [7, 11) is 4.70. The molecule has 0 heterocycles. The van der Waals surface area contributed by atoms with Gasteiger partial charge in [-0.2, -0.15) is 0 Å². The molecule has 0 spiro atoms. The highest BCUT2D eigenvalue weighted by atomic mass is 35.5. The van der Waals surface area contributed by atoms with Gasteiger partial charge in [0.05, 0.1) is 27.9 Å². The van der Waals surface area contributed by atoms with Gasteiger partial charge in [0.25, 0.3) is 0 Å². The maximum absolute atomic E-state index is 12.2. The quantitative estimate of drug-likeness (QED) is 0.685. The second-order valence-electron chi connectivity index (χ2n) is 5.95. The molecule has 1 atom stereocenters. The van der Waals surface area contributed by atoms with Crippen LogP contribution in [0, 0.1) is 0 Å². The molecule has 0 saturated heterocycles. The molecule has 146 valence electrons. The summed E-state index contributed by atoms with van der Waals surface area (Å²) in [6.07, 6.45) is 0. The van der Waals surface area contributed by atoms with Crippen molar-refractivity contribution in [2.75, 3.05) is 27.9 Å². The topological polar surface area (TPSA) is 68.8 Å². The van der Waals surface area contributed by atoms with Crippen LogP contribution < -0.4 is 24.8 Å². The molecule has 2 aromatic carbocycles. The number of nitrogens with one attached hydrogen (secondary N) is 2. The molecule has 7 heteroatoms. The van der Waals surface area contributed by atoms with Gasteiger partial charge in [-0.05, 0) is 30.7 Å². The average Bonchev–Trinajstić information content (AvgIpc) is 2.70. The lowest BCUT2D eigenvalue weighted by Crippen LogP contribution is -2.34. The number of carbonyl (C=O) groups excluding carboxylic acids is 1. The third-order valence-electron chi connectivity index (χ3n) is 4.20. The van der Waals surface area contributed by atoms with Crippen LogP contribution in [0.1, 0.15) is 24.1 Å². The lowest BCUT2D eigenvalue weighted by Gasteiger charge is -2.16. The lowest BCUT2D eigenvalue weighted by atomic mass is 10.1. The fourth-order valence-electron chi connectivity index (χ4n) is 2.60. The van der Waals surface area contributed by atoms with Gasteiger partial charge in [-0.25, -0.2) is 0 Å². The number of halogens is 1. The summed E-state index contributed by atoms with van der Waals surface area (Å²) in [5, 5.41) is 6.76. The fourth-order valence-corrected chi connectivity index (χ4v) is 2.73. The molecule has 0 aliphatic heterocycles. The molecule has 2 aromatic rings. The van der Waals surface area contributed by atoms with Crippen LogP contribution in [0.3, 0.4) is 0 Å². The normalized spacial score (nSPS) is 11.6. The van der Waals surface area contributed by atoms with Gasteiger partial charge < -0.3 is 24.8 Å². The maximum atomic E-state index is 12.2. The lowest BCUT2D eigenvalue weighted by molar-refractivity contribution is -0.120. The molecule has 1 amide bonds. The molecule has 0 saturated carbocycles. The molecule has 0 aliphatic carbocycles. The Bertz CT molecular complexity index is 765. The maximum Gasteiger partial charge on any atom is 0.234 e. The molecular weight excluding hydrogens is 368 g/mol. The van der Waals surface area contributed by atoms with Crippen molar-refractivity contribution in [1.82, 2.24) is 10.6 Å². The SMILES string of the molecule is COc1cc(OC)c(OC)cc1CNC(=O)CN[C@H](C)c1ccc(Cl)cc1. The van der Waals surface area contributed by atoms with Gasteiger partial charge in [0.15, 0.2) is 11.5 Å². The first-order chi connectivity index (χ1) is 13.0. The Hall–Kier alpha value is -2.44. The molecule has 0 radical (unpaired) electrons. The van der Waals surface area contributed by atoms with Crippen molar-refractivity contribution in [3.63, 3.8) is 0 Å². The van der Waals surface area contributed by atoms with E-state index in [2.05, 4.69) is 10.6 Å². The third-order valence-corrected chi connectivity index (χ3v) is 4.45. The van der Waals surface area contributed by atoms with Gasteiger partial charge in [-0.15, -0.1) is 0 Å². The first-order valence-electron chi connectivity index (χ1n) is 8.53. The fraction of sp³-hybridized carbons (Fsp3) is 0.350. The molecular formula is C20H25ClN2O4. The number of ether oxygens (including phenoxy) is 3. The second kappa shape index (κ2) is 10.0. The first kappa shape index (κ1) is 20.9. The summed E-state index contributed by atoms with van der Waals surface area (Å²) in [6, 6.07) is 11.1. The number of methoxy groups -OCH3 is 3. The molecule has 0 unspecified atom stereocenters. The number of carbonyl (C=O) groups is 1. The predicted molar refractivity (Wildman–Crippen MR) is 106 cm³/mol.